The van der Waals surface area contributed by atoms with Crippen LogP contribution in [-0.4, -0.2) is 71.6 Å². The van der Waals surface area contributed by atoms with E-state index >= 15 is 0 Å². The van der Waals surface area contributed by atoms with Crippen LogP contribution in [0, 0.1) is 0 Å². The molecule has 1 aromatic heterocycles. The molecule has 2 atom stereocenters. The number of aromatic nitrogens is 1. The molecule has 0 unspecified atom stereocenters. The molecule has 1 aliphatic rings. The Morgan fingerprint density at radius 2 is 2.14 bits per heavy atom. The van der Waals surface area contributed by atoms with Gasteiger partial charge in [0.1, 0.15) is 18.3 Å². The van der Waals surface area contributed by atoms with Crippen molar-refractivity contribution >= 4 is 50.3 Å². The maximum atomic E-state index is 12.5. The molecule has 1 saturated heterocycles. The summed E-state index contributed by atoms with van der Waals surface area (Å²) in [5.74, 6) is -3.48. The van der Waals surface area contributed by atoms with Gasteiger partial charge in [0, 0.05) is 5.38 Å². The molecule has 0 aromatic carbocycles. The molecular formula is C12H14N5NaO8S2. The summed E-state index contributed by atoms with van der Waals surface area (Å²) in [6, 6.07) is -3.47. The minimum Gasteiger partial charge on any atom is -0.731 e. The first-order chi connectivity index (χ1) is 12.6. The number of rotatable bonds is 7. The van der Waals surface area contributed by atoms with Crippen LogP contribution in [0.5, 0.6) is 0 Å². The number of methoxy groups -OCH3 is 1. The number of β-lactam (4-membered cyclic amide) rings is 1. The SMILES string of the molecule is CCO/N=C(/C(=O)N[C@H]1C(=O)N(S(=O)(=O)[O-])[C@H]1C(=O)OC)c1csc(N)n1.[Na+]. The number of amides is 2. The number of carbonyl (C=O) groups is 3. The maximum absolute atomic E-state index is 12.5. The van der Waals surface area contributed by atoms with Gasteiger partial charge in [0.2, 0.25) is 0 Å². The summed E-state index contributed by atoms with van der Waals surface area (Å²) in [7, 11) is -4.34. The van der Waals surface area contributed by atoms with Crippen molar-refractivity contribution in [3.8, 4) is 0 Å². The molecule has 2 rings (SSSR count). The van der Waals surface area contributed by atoms with Crippen LogP contribution in [0.4, 0.5) is 5.13 Å². The van der Waals surface area contributed by atoms with Gasteiger partial charge in [-0.3, -0.25) is 9.59 Å². The van der Waals surface area contributed by atoms with Gasteiger partial charge in [0.05, 0.1) is 7.11 Å². The molecule has 148 valence electrons. The molecule has 0 bridgehead atoms. The fourth-order valence-electron chi connectivity index (χ4n) is 2.14. The Morgan fingerprint density at radius 3 is 2.61 bits per heavy atom. The molecule has 3 N–H and O–H groups in total. The predicted molar refractivity (Wildman–Crippen MR) is 89.0 cm³/mol. The number of oxime groups is 1. The fourth-order valence-corrected chi connectivity index (χ4v) is 3.51. The van der Waals surface area contributed by atoms with Crippen molar-refractivity contribution in [2.75, 3.05) is 19.5 Å². The molecule has 1 fully saturated rings. The maximum Gasteiger partial charge on any atom is 1.00 e. The van der Waals surface area contributed by atoms with Crippen LogP contribution >= 0.6 is 11.3 Å². The van der Waals surface area contributed by atoms with Crippen LogP contribution in [0.15, 0.2) is 10.5 Å². The van der Waals surface area contributed by atoms with E-state index in [-0.39, 0.29) is 57.0 Å². The van der Waals surface area contributed by atoms with E-state index in [2.05, 4.69) is 20.2 Å². The van der Waals surface area contributed by atoms with E-state index in [4.69, 9.17) is 10.6 Å². The molecule has 28 heavy (non-hydrogen) atoms. The normalized spacial score (nSPS) is 19.3. The molecule has 0 radical (unpaired) electrons. The molecule has 16 heteroatoms. The van der Waals surface area contributed by atoms with Crippen molar-refractivity contribution in [2.45, 2.75) is 19.0 Å². The van der Waals surface area contributed by atoms with E-state index in [1.54, 1.807) is 6.92 Å². The second-order valence-corrected chi connectivity index (χ2v) is 7.08. The molecule has 1 aliphatic heterocycles. The van der Waals surface area contributed by atoms with Crippen molar-refractivity contribution in [2.24, 2.45) is 5.16 Å². The van der Waals surface area contributed by atoms with Gasteiger partial charge >= 0.3 is 35.5 Å². The summed E-state index contributed by atoms with van der Waals surface area (Å²) in [6.07, 6.45) is 0. The van der Waals surface area contributed by atoms with E-state index in [1.807, 2.05) is 0 Å². The standard InChI is InChI=1S/C12H15N5O8S2.Na/c1-3-25-16-6(5-4-26-12(13)14-5)9(18)15-7-8(11(20)24-2)17(10(7)19)27(21,22)23;/h4,7-8H,3H2,1-2H3,(H2,13,14)(H,15,18)(H,21,22,23);/q;+1/p-1/b16-6+;/t7-,8-;/m1./s1. The zero-order chi connectivity index (χ0) is 20.4. The Balaban J connectivity index is 0.00000392. The Morgan fingerprint density at radius 1 is 1.50 bits per heavy atom. The summed E-state index contributed by atoms with van der Waals surface area (Å²) in [5, 5.41) is 7.26. The first kappa shape index (κ1) is 24.3. The van der Waals surface area contributed by atoms with E-state index in [0.717, 1.165) is 18.4 Å². The zero-order valence-electron chi connectivity index (χ0n) is 14.9. The number of hydrogen-bond acceptors (Lipinski definition) is 12. The van der Waals surface area contributed by atoms with Gasteiger partial charge in [0.25, 0.3) is 11.8 Å². The number of nitrogens with two attached hydrogens (primary N) is 1. The van der Waals surface area contributed by atoms with Crippen molar-refractivity contribution in [1.82, 2.24) is 14.6 Å². The number of hydrogen-bond donors (Lipinski definition) is 2. The van der Waals surface area contributed by atoms with E-state index in [0.29, 0.717) is 0 Å². The van der Waals surface area contributed by atoms with Crippen LogP contribution in [0.2, 0.25) is 0 Å². The van der Waals surface area contributed by atoms with Gasteiger partial charge in [-0.25, -0.2) is 22.5 Å². The van der Waals surface area contributed by atoms with Crippen LogP contribution in [0.3, 0.4) is 0 Å². The van der Waals surface area contributed by atoms with Crippen LogP contribution in [0.25, 0.3) is 0 Å². The van der Waals surface area contributed by atoms with Gasteiger partial charge in [-0.2, -0.15) is 0 Å². The van der Waals surface area contributed by atoms with Gasteiger partial charge in [-0.05, 0) is 6.92 Å². The first-order valence-corrected chi connectivity index (χ1v) is 9.45. The number of carbonyl (C=O) groups excluding carboxylic acids is 3. The third kappa shape index (κ3) is 4.98. The molecule has 0 aliphatic carbocycles. The first-order valence-electron chi connectivity index (χ1n) is 7.20. The van der Waals surface area contributed by atoms with Crippen LogP contribution < -0.4 is 40.6 Å². The van der Waals surface area contributed by atoms with Gasteiger partial charge in [-0.15, -0.1) is 11.3 Å². The third-order valence-corrected chi connectivity index (χ3v) is 4.85. The summed E-state index contributed by atoms with van der Waals surface area (Å²) in [5.41, 5.74) is 5.19. The van der Waals surface area contributed by atoms with Crippen molar-refractivity contribution in [3.63, 3.8) is 0 Å². The quantitative estimate of drug-likeness (QED) is 0.103. The smallest absolute Gasteiger partial charge is 0.731 e. The third-order valence-electron chi connectivity index (χ3n) is 3.29. The summed E-state index contributed by atoms with van der Waals surface area (Å²) >= 11 is 1.02. The monoisotopic (exact) mass is 443 g/mol. The molecule has 2 heterocycles. The predicted octanol–water partition coefficient (Wildman–Crippen LogP) is -5.20. The molecule has 0 saturated carbocycles. The molecule has 13 nitrogen and oxygen atoms in total. The number of nitrogens with zero attached hydrogens (tertiary/aromatic N) is 3. The number of anilines is 1. The number of ether oxygens (including phenoxy) is 1. The van der Waals surface area contributed by atoms with Crippen molar-refractivity contribution in [3.05, 3.63) is 11.1 Å². The molecule has 0 spiro atoms. The summed E-state index contributed by atoms with van der Waals surface area (Å²) < 4.78 is 37.6. The summed E-state index contributed by atoms with van der Waals surface area (Å²) in [6.45, 7) is 1.72. The minimum atomic E-state index is -5.27. The van der Waals surface area contributed by atoms with Gasteiger partial charge in [-0.1, -0.05) is 5.16 Å². The van der Waals surface area contributed by atoms with E-state index in [1.165, 1.54) is 5.38 Å². The second kappa shape index (κ2) is 9.62. The number of esters is 1. The minimum absolute atomic E-state index is 0. The van der Waals surface area contributed by atoms with Crippen LogP contribution in [0.1, 0.15) is 12.6 Å². The number of nitrogen functional groups attached to an aromatic ring is 1. The second-order valence-electron chi connectivity index (χ2n) is 4.94. The van der Waals surface area contributed by atoms with Crippen LogP contribution in [-0.2, 0) is 34.3 Å². The summed E-state index contributed by atoms with van der Waals surface area (Å²) in [4.78, 5) is 44.9. The fraction of sp³-hybridized carbons (Fsp3) is 0.417. The van der Waals surface area contributed by atoms with Gasteiger partial charge < -0.3 is 25.2 Å². The average Bonchev–Trinajstić information content (AvgIpc) is 3.01. The van der Waals surface area contributed by atoms with E-state index in [9.17, 15) is 27.4 Å². The Labute approximate surface area is 185 Å². The molecular weight excluding hydrogens is 429 g/mol. The molecule has 2 amide bonds. The largest absolute Gasteiger partial charge is 1.00 e. The van der Waals surface area contributed by atoms with Crippen molar-refractivity contribution < 1.29 is 66.5 Å². The molecule has 1 aromatic rings. The average molecular weight is 443 g/mol. The number of thiazole rings is 1. The van der Waals surface area contributed by atoms with E-state index < -0.39 is 40.2 Å². The zero-order valence-corrected chi connectivity index (χ0v) is 18.6. The Kier molecular flexibility index (Phi) is 8.33. The Hall–Kier alpha value is -1.78. The number of nitrogens with one attached hydrogen (secondary N) is 1. The topological polar surface area (TPSA) is 193 Å². The van der Waals surface area contributed by atoms with Crippen molar-refractivity contribution in [1.29, 1.82) is 0 Å². The Bertz CT molecular complexity index is 902. The van der Waals surface area contributed by atoms with Gasteiger partial charge in [0.15, 0.2) is 27.2 Å².